The molecule has 10 heavy (non-hydrogen) atoms. The van der Waals surface area contributed by atoms with Crippen LogP contribution in [0.15, 0.2) is 6.20 Å². The summed E-state index contributed by atoms with van der Waals surface area (Å²) in [5.41, 5.74) is 0.497. The number of H-pyrrole nitrogens is 1. The van der Waals surface area contributed by atoms with Crippen LogP contribution in [-0.2, 0) is 0 Å². The molecular formula is C6H2ClN3. The van der Waals surface area contributed by atoms with Crippen LogP contribution >= 0.6 is 11.6 Å². The van der Waals surface area contributed by atoms with E-state index in [1.807, 2.05) is 12.1 Å². The summed E-state index contributed by atoms with van der Waals surface area (Å²) in [6.45, 7) is 0. The number of nitrogens with zero attached hydrogens (tertiary/aromatic N) is 2. The van der Waals surface area contributed by atoms with E-state index in [1.54, 1.807) is 0 Å². The molecule has 48 valence electrons. The second-order valence-electron chi connectivity index (χ2n) is 1.61. The minimum absolute atomic E-state index is 0.212. The van der Waals surface area contributed by atoms with Crippen LogP contribution in [0.3, 0.4) is 0 Å². The molecular weight excluding hydrogens is 150 g/mol. The summed E-state index contributed by atoms with van der Waals surface area (Å²) in [4.78, 5) is 2.56. The highest BCUT2D eigenvalue weighted by Crippen LogP contribution is 2.16. The van der Waals surface area contributed by atoms with E-state index >= 15 is 0 Å². The van der Waals surface area contributed by atoms with E-state index in [4.69, 9.17) is 22.1 Å². The maximum Gasteiger partial charge on any atom is 0.125 e. The van der Waals surface area contributed by atoms with Gasteiger partial charge in [0.25, 0.3) is 0 Å². The van der Waals surface area contributed by atoms with Gasteiger partial charge in [0, 0.05) is 6.20 Å². The lowest BCUT2D eigenvalue weighted by molar-refractivity contribution is 1.40. The van der Waals surface area contributed by atoms with Crippen molar-refractivity contribution >= 4 is 11.6 Å². The quantitative estimate of drug-likeness (QED) is 0.609. The molecule has 1 heterocycles. The Hall–Kier alpha value is -1.45. The summed E-state index contributed by atoms with van der Waals surface area (Å²) >= 11 is 5.49. The van der Waals surface area contributed by atoms with Gasteiger partial charge in [0.05, 0.1) is 5.56 Å². The number of rotatable bonds is 0. The lowest BCUT2D eigenvalue weighted by Gasteiger charge is -1.79. The van der Waals surface area contributed by atoms with Gasteiger partial charge in [0.1, 0.15) is 22.9 Å². The monoisotopic (exact) mass is 151 g/mol. The number of hydrogen-bond acceptors (Lipinski definition) is 2. The Morgan fingerprint density at radius 1 is 1.40 bits per heavy atom. The number of aromatic nitrogens is 1. The molecule has 3 nitrogen and oxygen atoms in total. The zero-order chi connectivity index (χ0) is 7.56. The predicted molar refractivity (Wildman–Crippen MR) is 35.2 cm³/mol. The maximum atomic E-state index is 8.41. The fourth-order valence-electron chi connectivity index (χ4n) is 0.596. The largest absolute Gasteiger partial charge is 0.350 e. The lowest BCUT2D eigenvalue weighted by Crippen LogP contribution is -1.73. The molecule has 0 aromatic carbocycles. The predicted octanol–water partition coefficient (Wildman–Crippen LogP) is 1.41. The second-order valence-corrected chi connectivity index (χ2v) is 1.99. The molecule has 1 rings (SSSR count). The van der Waals surface area contributed by atoms with E-state index in [2.05, 4.69) is 4.98 Å². The molecule has 0 aliphatic heterocycles. The standard InChI is InChI=1S/C6H2ClN3/c7-6-5(2-9)4(1-8)3-10-6/h3,10H. The summed E-state index contributed by atoms with van der Waals surface area (Å²) < 4.78 is 0. The maximum absolute atomic E-state index is 8.41. The summed E-state index contributed by atoms with van der Waals surface area (Å²) in [5, 5.41) is 17.0. The molecule has 0 saturated carbocycles. The van der Waals surface area contributed by atoms with Crippen molar-refractivity contribution in [3.8, 4) is 12.1 Å². The van der Waals surface area contributed by atoms with E-state index in [9.17, 15) is 0 Å². The molecule has 0 bridgehead atoms. The van der Waals surface area contributed by atoms with Gasteiger partial charge in [-0.25, -0.2) is 0 Å². The Labute approximate surface area is 62.5 Å². The highest BCUT2D eigenvalue weighted by Gasteiger charge is 2.06. The first-order valence-corrected chi connectivity index (χ1v) is 2.84. The van der Waals surface area contributed by atoms with E-state index in [1.165, 1.54) is 6.20 Å². The minimum atomic E-state index is 0.212. The zero-order valence-corrected chi connectivity index (χ0v) is 5.61. The van der Waals surface area contributed by atoms with Crippen molar-refractivity contribution in [2.24, 2.45) is 0 Å². The first kappa shape index (κ1) is 6.67. The topological polar surface area (TPSA) is 63.4 Å². The molecule has 0 radical (unpaired) electrons. The normalized spacial score (nSPS) is 8.30. The van der Waals surface area contributed by atoms with Crippen molar-refractivity contribution in [2.75, 3.05) is 0 Å². The number of hydrogen-bond donors (Lipinski definition) is 1. The first-order chi connectivity index (χ1) is 4.79. The van der Waals surface area contributed by atoms with E-state index < -0.39 is 0 Å². The van der Waals surface area contributed by atoms with Crippen molar-refractivity contribution in [2.45, 2.75) is 0 Å². The molecule has 0 aliphatic carbocycles. The molecule has 0 unspecified atom stereocenters. The summed E-state index contributed by atoms with van der Waals surface area (Å²) in [6.07, 6.45) is 1.40. The number of nitriles is 2. The summed E-state index contributed by atoms with van der Waals surface area (Å²) in [6, 6.07) is 3.64. The third-order valence-corrected chi connectivity index (χ3v) is 1.36. The molecule has 0 atom stereocenters. The van der Waals surface area contributed by atoms with Crippen LogP contribution in [0.25, 0.3) is 0 Å². The summed E-state index contributed by atoms with van der Waals surface area (Å²) in [7, 11) is 0. The van der Waals surface area contributed by atoms with E-state index in [0.29, 0.717) is 0 Å². The summed E-state index contributed by atoms with van der Waals surface area (Å²) in [5.74, 6) is 0. The Balaban J connectivity index is 3.34. The average molecular weight is 152 g/mol. The van der Waals surface area contributed by atoms with Crippen molar-refractivity contribution in [1.82, 2.24) is 4.98 Å². The van der Waals surface area contributed by atoms with Gasteiger partial charge in [0.2, 0.25) is 0 Å². The number of halogens is 1. The van der Waals surface area contributed by atoms with Crippen LogP contribution in [0.1, 0.15) is 11.1 Å². The van der Waals surface area contributed by atoms with E-state index in [-0.39, 0.29) is 16.3 Å². The van der Waals surface area contributed by atoms with Crippen LogP contribution in [0, 0.1) is 22.7 Å². The van der Waals surface area contributed by atoms with Gasteiger partial charge in [0.15, 0.2) is 0 Å². The van der Waals surface area contributed by atoms with Gasteiger partial charge in [-0.15, -0.1) is 0 Å². The van der Waals surface area contributed by atoms with Gasteiger partial charge in [-0.3, -0.25) is 0 Å². The van der Waals surface area contributed by atoms with E-state index in [0.717, 1.165) is 0 Å². The fourth-order valence-corrected chi connectivity index (χ4v) is 0.794. The average Bonchev–Trinajstić information content (AvgIpc) is 2.30. The molecule has 4 heteroatoms. The van der Waals surface area contributed by atoms with Gasteiger partial charge < -0.3 is 4.98 Å². The van der Waals surface area contributed by atoms with Crippen LogP contribution < -0.4 is 0 Å². The van der Waals surface area contributed by atoms with Crippen molar-refractivity contribution in [1.29, 1.82) is 10.5 Å². The molecule has 0 aliphatic rings. The number of aromatic amines is 1. The Morgan fingerprint density at radius 2 is 2.10 bits per heavy atom. The Bertz CT molecular complexity index is 326. The second kappa shape index (κ2) is 2.43. The molecule has 1 aromatic rings. The smallest absolute Gasteiger partial charge is 0.125 e. The van der Waals surface area contributed by atoms with Crippen LogP contribution in [0.5, 0.6) is 0 Å². The number of nitrogens with one attached hydrogen (secondary N) is 1. The Morgan fingerprint density at radius 3 is 2.50 bits per heavy atom. The van der Waals surface area contributed by atoms with Gasteiger partial charge in [-0.2, -0.15) is 10.5 Å². The molecule has 1 N–H and O–H groups in total. The Kier molecular flexibility index (Phi) is 1.62. The fraction of sp³-hybridized carbons (Fsp3) is 0. The zero-order valence-electron chi connectivity index (χ0n) is 4.85. The molecule has 0 saturated heterocycles. The van der Waals surface area contributed by atoms with Gasteiger partial charge in [-0.1, -0.05) is 11.6 Å². The molecule has 0 fully saturated rings. The van der Waals surface area contributed by atoms with Crippen molar-refractivity contribution in [3.05, 3.63) is 22.5 Å². The first-order valence-electron chi connectivity index (χ1n) is 2.46. The molecule has 0 spiro atoms. The third kappa shape index (κ3) is 0.834. The minimum Gasteiger partial charge on any atom is -0.350 e. The van der Waals surface area contributed by atoms with Crippen LogP contribution in [-0.4, -0.2) is 4.98 Å². The molecule has 1 aromatic heterocycles. The highest BCUT2D eigenvalue weighted by molar-refractivity contribution is 6.30. The van der Waals surface area contributed by atoms with Crippen molar-refractivity contribution in [3.63, 3.8) is 0 Å². The van der Waals surface area contributed by atoms with Gasteiger partial charge in [-0.05, 0) is 0 Å². The third-order valence-electron chi connectivity index (χ3n) is 1.06. The lowest BCUT2D eigenvalue weighted by atomic mass is 10.2. The van der Waals surface area contributed by atoms with Crippen LogP contribution in [0.4, 0.5) is 0 Å². The van der Waals surface area contributed by atoms with Crippen molar-refractivity contribution < 1.29 is 0 Å². The highest BCUT2D eigenvalue weighted by atomic mass is 35.5. The van der Waals surface area contributed by atoms with Crippen LogP contribution in [0.2, 0.25) is 5.15 Å². The SMILES string of the molecule is N#Cc1c[nH]c(Cl)c1C#N. The van der Waals surface area contributed by atoms with Gasteiger partial charge >= 0.3 is 0 Å². The molecule has 0 amide bonds.